The maximum Gasteiger partial charge on any atom is 0.259 e. The van der Waals surface area contributed by atoms with E-state index in [1.54, 1.807) is 20.5 Å². The largest absolute Gasteiger partial charge is 0.497 e. The van der Waals surface area contributed by atoms with Crippen LogP contribution in [0, 0.1) is 23.2 Å². The monoisotopic (exact) mass is 938 g/mol. The number of ether oxygens (including phenoxy) is 3. The van der Waals surface area contributed by atoms with Gasteiger partial charge in [0, 0.05) is 24.1 Å². The van der Waals surface area contributed by atoms with Gasteiger partial charge in [-0.1, -0.05) is 109 Å². The highest BCUT2D eigenvalue weighted by atomic mass is 31.2. The lowest BCUT2D eigenvalue weighted by atomic mass is 9.64. The van der Waals surface area contributed by atoms with Gasteiger partial charge in [0.25, 0.3) is 8.53 Å². The average Bonchev–Trinajstić information content (AvgIpc) is 4.01. The van der Waals surface area contributed by atoms with Crippen molar-refractivity contribution in [3.63, 3.8) is 0 Å². The summed E-state index contributed by atoms with van der Waals surface area (Å²) in [4.78, 5) is 14.3. The summed E-state index contributed by atoms with van der Waals surface area (Å²) in [5.41, 5.74) is 3.64. The molecule has 1 N–H and O–H groups in total. The molecular weight excluding hydrogens is 884 g/mol. The van der Waals surface area contributed by atoms with Gasteiger partial charge in [-0.3, -0.25) is 4.57 Å². The van der Waals surface area contributed by atoms with Crippen LogP contribution < -0.4 is 9.47 Å². The van der Waals surface area contributed by atoms with E-state index in [1.807, 2.05) is 108 Å². The average molecular weight is 939 g/mol. The van der Waals surface area contributed by atoms with E-state index in [1.165, 1.54) is 6.33 Å². The van der Waals surface area contributed by atoms with Gasteiger partial charge in [0.05, 0.1) is 51.2 Å². The Morgan fingerprint density at radius 1 is 0.768 bits per heavy atom. The quantitative estimate of drug-likeness (QED) is 0.0326. The van der Waals surface area contributed by atoms with E-state index in [0.29, 0.717) is 34.8 Å². The van der Waals surface area contributed by atoms with Crippen LogP contribution in [-0.4, -0.2) is 80.5 Å². The van der Waals surface area contributed by atoms with Gasteiger partial charge < -0.3 is 28.4 Å². The van der Waals surface area contributed by atoms with E-state index >= 15 is 0 Å². The van der Waals surface area contributed by atoms with E-state index in [4.69, 9.17) is 33.2 Å². The van der Waals surface area contributed by atoms with Crippen molar-refractivity contribution >= 4 is 41.2 Å². The van der Waals surface area contributed by atoms with Crippen LogP contribution in [-0.2, 0) is 19.2 Å². The summed E-state index contributed by atoms with van der Waals surface area (Å²) in [7, 11) is 1.50. The maximum absolute atomic E-state index is 13.7. The van der Waals surface area contributed by atoms with Crippen molar-refractivity contribution in [1.82, 2.24) is 24.2 Å². The van der Waals surface area contributed by atoms with Crippen molar-refractivity contribution in [2.24, 2.45) is 0 Å². The van der Waals surface area contributed by atoms with Crippen molar-refractivity contribution in [2.75, 3.05) is 20.8 Å². The first-order valence-electron chi connectivity index (χ1n) is 23.2. The van der Waals surface area contributed by atoms with Crippen molar-refractivity contribution in [3.05, 3.63) is 174 Å². The van der Waals surface area contributed by atoms with Crippen molar-refractivity contribution < 1.29 is 28.4 Å². The standard InChI is InChI=1S/C56H55N6O6P/c1-37(2)62(38(3)4)69(66-32-14-31-57)68-50-34-51(61-36-60-52-49(58-35-59-55(52)61)30-29-48-46-19-12-10-15-39(46)33-40-16-11-13-20-47(40)48)67-53(50)54(63)56(41-17-8-7-9-18-41,42-21-25-44(64-5)26-22-42)43-23-27-45(65-6)28-24-43/h7-13,15-28,33,35-38,50-51,53-54,63H,14,32,34H2,1-6H3/t50-,51+,53-,54?,69?/m0/s1. The van der Waals surface area contributed by atoms with E-state index in [-0.39, 0.29) is 25.1 Å². The van der Waals surface area contributed by atoms with Crippen molar-refractivity contribution in [2.45, 2.75) is 82.6 Å². The van der Waals surface area contributed by atoms with E-state index in [9.17, 15) is 10.4 Å². The van der Waals surface area contributed by atoms with Gasteiger partial charge in [-0.05, 0) is 102 Å². The molecule has 1 saturated heterocycles. The number of nitriles is 1. The lowest BCUT2D eigenvalue weighted by Crippen LogP contribution is -2.52. The molecule has 1 aliphatic rings. The molecule has 12 nitrogen and oxygen atoms in total. The highest BCUT2D eigenvalue weighted by Crippen LogP contribution is 2.53. The van der Waals surface area contributed by atoms with Crippen LogP contribution in [0.5, 0.6) is 11.5 Å². The summed E-state index contributed by atoms with van der Waals surface area (Å²) >= 11 is 0. The molecule has 0 bridgehead atoms. The van der Waals surface area contributed by atoms with Crippen LogP contribution in [0.4, 0.5) is 0 Å². The van der Waals surface area contributed by atoms with Crippen molar-refractivity contribution in [3.8, 4) is 29.4 Å². The Kier molecular flexibility index (Phi) is 14.3. The number of hydrogen-bond acceptors (Lipinski definition) is 11. The number of benzene rings is 6. The van der Waals surface area contributed by atoms with Crippen LogP contribution in [0.25, 0.3) is 32.7 Å². The zero-order valence-corrected chi connectivity index (χ0v) is 40.5. The molecule has 0 radical (unpaired) electrons. The summed E-state index contributed by atoms with van der Waals surface area (Å²) in [5, 5.41) is 27.6. The fourth-order valence-electron chi connectivity index (χ4n) is 9.72. The molecule has 2 aromatic heterocycles. The highest BCUT2D eigenvalue weighted by molar-refractivity contribution is 7.44. The Bertz CT molecular complexity index is 3040. The SMILES string of the molecule is COc1ccc(C(c2ccccc2)(c2ccc(OC)cc2)C(O)[C@H]2O[C@@H](n3cnc4c(C#Cc5c6ccccc6cc6ccccc56)ncnc43)C[C@@H]2OP(OCCC#N)N(C(C)C)C(C)C)cc1. The number of fused-ring (bicyclic) bond motifs is 3. The second-order valence-corrected chi connectivity index (χ2v) is 19.0. The van der Waals surface area contributed by atoms with Crippen LogP contribution in [0.1, 0.15) is 74.7 Å². The Morgan fingerprint density at radius 2 is 1.35 bits per heavy atom. The number of hydrogen-bond donors (Lipinski definition) is 1. The van der Waals surface area contributed by atoms with Crippen LogP contribution in [0.15, 0.2) is 146 Å². The zero-order chi connectivity index (χ0) is 48.1. The molecule has 8 aromatic rings. The van der Waals surface area contributed by atoms with Crippen molar-refractivity contribution in [1.29, 1.82) is 5.26 Å². The smallest absolute Gasteiger partial charge is 0.259 e. The first-order valence-corrected chi connectivity index (χ1v) is 24.3. The van der Waals surface area contributed by atoms with Gasteiger partial charge in [-0.25, -0.2) is 19.6 Å². The van der Waals surface area contributed by atoms with Gasteiger partial charge in [0.15, 0.2) is 5.65 Å². The van der Waals surface area contributed by atoms with Crippen LogP contribution in [0.2, 0.25) is 0 Å². The molecule has 0 saturated carbocycles. The lowest BCUT2D eigenvalue weighted by molar-refractivity contribution is -0.0936. The normalized spacial score (nSPS) is 17.0. The number of aromatic nitrogens is 4. The Hall–Kier alpha value is -6.73. The molecule has 9 rings (SSSR count). The van der Waals surface area contributed by atoms with Gasteiger partial charge in [-0.15, -0.1) is 0 Å². The fourth-order valence-corrected chi connectivity index (χ4v) is 11.5. The minimum absolute atomic E-state index is 0.0300. The number of methoxy groups -OCH3 is 2. The fraction of sp³-hybridized carbons (Fsp3) is 0.286. The summed E-state index contributed by atoms with van der Waals surface area (Å²) in [6, 6.07) is 46.5. The zero-order valence-electron chi connectivity index (χ0n) is 39.6. The molecule has 2 unspecified atom stereocenters. The number of nitrogens with zero attached hydrogens (tertiary/aromatic N) is 6. The topological polar surface area (TPSA) is 137 Å². The molecule has 13 heteroatoms. The van der Waals surface area contributed by atoms with Gasteiger partial charge in [0.1, 0.15) is 47.5 Å². The molecule has 0 spiro atoms. The molecule has 1 fully saturated rings. The van der Waals surface area contributed by atoms with Gasteiger partial charge >= 0.3 is 0 Å². The molecule has 1 aliphatic heterocycles. The third-order valence-corrected chi connectivity index (χ3v) is 15.0. The first-order chi connectivity index (χ1) is 33.7. The third kappa shape index (κ3) is 9.28. The molecule has 350 valence electrons. The lowest BCUT2D eigenvalue weighted by Gasteiger charge is -2.44. The highest BCUT2D eigenvalue weighted by Gasteiger charge is 2.54. The first kappa shape index (κ1) is 47.3. The summed E-state index contributed by atoms with van der Waals surface area (Å²) in [6.45, 7) is 8.57. The van der Waals surface area contributed by atoms with E-state index in [0.717, 1.165) is 43.8 Å². The predicted octanol–water partition coefficient (Wildman–Crippen LogP) is 10.9. The Morgan fingerprint density at radius 3 is 1.93 bits per heavy atom. The van der Waals surface area contributed by atoms with E-state index in [2.05, 4.69) is 85.6 Å². The number of imidazole rings is 1. The van der Waals surface area contributed by atoms with Gasteiger partial charge in [-0.2, -0.15) is 5.26 Å². The molecule has 69 heavy (non-hydrogen) atoms. The number of aliphatic hydroxyl groups excluding tert-OH is 1. The minimum Gasteiger partial charge on any atom is -0.497 e. The molecular formula is C56H55N6O6P. The number of aliphatic hydroxyl groups is 1. The third-order valence-electron chi connectivity index (χ3n) is 12.8. The van der Waals surface area contributed by atoms with Gasteiger partial charge in [0.2, 0.25) is 0 Å². The minimum atomic E-state index is -1.77. The molecule has 0 aliphatic carbocycles. The molecule has 6 aromatic carbocycles. The van der Waals surface area contributed by atoms with Crippen LogP contribution in [0.3, 0.4) is 0 Å². The summed E-state index contributed by atoms with van der Waals surface area (Å²) < 4.78 is 36.3. The molecule has 5 atom stereocenters. The van der Waals surface area contributed by atoms with Crippen LogP contribution >= 0.6 is 8.53 Å². The second kappa shape index (κ2) is 20.9. The maximum atomic E-state index is 13.7. The van der Waals surface area contributed by atoms with E-state index < -0.39 is 38.5 Å². The predicted molar refractivity (Wildman–Crippen MR) is 270 cm³/mol. The number of rotatable bonds is 16. The molecule has 0 amide bonds. The summed E-state index contributed by atoms with van der Waals surface area (Å²) in [5.74, 6) is 8.18. The summed E-state index contributed by atoms with van der Waals surface area (Å²) in [6.07, 6.45) is -0.00968. The second-order valence-electron chi connectivity index (χ2n) is 17.5. The molecule has 3 heterocycles. The Balaban J connectivity index is 1.18. The Labute approximate surface area is 404 Å².